The molecule has 9 heteroatoms. The first-order valence-corrected chi connectivity index (χ1v) is 5.12. The van der Waals surface area contributed by atoms with Gasteiger partial charge in [-0.1, -0.05) is 5.11 Å². The summed E-state index contributed by atoms with van der Waals surface area (Å²) in [5, 5.41) is 12.1. The van der Waals surface area contributed by atoms with E-state index in [1.165, 1.54) is 4.90 Å². The summed E-state index contributed by atoms with van der Waals surface area (Å²) in [5.41, 5.74) is 8.20. The first kappa shape index (κ1) is 11.9. The highest BCUT2D eigenvalue weighted by Crippen LogP contribution is 2.24. The predicted octanol–water partition coefficient (Wildman–Crippen LogP) is 1.04. The smallest absolute Gasteiger partial charge is 0.373 e. The minimum atomic E-state index is -1.24. The van der Waals surface area contributed by atoms with Crippen LogP contribution in [0, 0.1) is 5.92 Å². The molecule has 1 saturated heterocycles. The van der Waals surface area contributed by atoms with Crippen LogP contribution in [0.4, 0.5) is 6.01 Å². The van der Waals surface area contributed by atoms with E-state index in [0.717, 1.165) is 6.20 Å². The van der Waals surface area contributed by atoms with E-state index in [0.29, 0.717) is 6.54 Å². The zero-order chi connectivity index (χ0) is 13.1. The quantitative estimate of drug-likeness (QED) is 0.484. The third-order valence-electron chi connectivity index (χ3n) is 2.54. The Morgan fingerprint density at radius 2 is 2.56 bits per heavy atom. The van der Waals surface area contributed by atoms with Gasteiger partial charge in [0.2, 0.25) is 11.7 Å². The van der Waals surface area contributed by atoms with E-state index >= 15 is 0 Å². The molecule has 0 radical (unpaired) electrons. The molecule has 0 spiro atoms. The second-order valence-corrected chi connectivity index (χ2v) is 3.80. The van der Waals surface area contributed by atoms with Crippen molar-refractivity contribution in [3.8, 4) is 0 Å². The second-order valence-electron chi connectivity index (χ2n) is 3.80. The van der Waals surface area contributed by atoms with Gasteiger partial charge in [0.25, 0.3) is 0 Å². The van der Waals surface area contributed by atoms with E-state index in [2.05, 4.69) is 15.0 Å². The predicted molar refractivity (Wildman–Crippen MR) is 57.9 cm³/mol. The Bertz CT molecular complexity index is 533. The van der Waals surface area contributed by atoms with Crippen LogP contribution in [0.5, 0.6) is 0 Å². The van der Waals surface area contributed by atoms with Crippen LogP contribution in [-0.4, -0.2) is 35.1 Å². The molecule has 1 aliphatic rings. The Kier molecular flexibility index (Phi) is 3.16. The lowest BCUT2D eigenvalue weighted by atomic mass is 10.1. The molecule has 9 nitrogen and oxygen atoms in total. The van der Waals surface area contributed by atoms with E-state index in [-0.39, 0.29) is 36.6 Å². The van der Waals surface area contributed by atoms with Crippen molar-refractivity contribution in [3.05, 3.63) is 22.4 Å². The van der Waals surface area contributed by atoms with Gasteiger partial charge in [-0.25, -0.2) is 9.78 Å². The fourth-order valence-electron chi connectivity index (χ4n) is 1.73. The monoisotopic (exact) mass is 251 g/mol. The maximum atomic E-state index is 11.7. The number of carbonyl (C=O) groups is 2. The van der Waals surface area contributed by atoms with Gasteiger partial charge in [0, 0.05) is 24.4 Å². The molecule has 94 valence electrons. The molecular formula is C9H9N5O4. The first-order chi connectivity index (χ1) is 8.61. The molecule has 1 aliphatic heterocycles. The van der Waals surface area contributed by atoms with Crippen molar-refractivity contribution in [2.45, 2.75) is 6.42 Å². The lowest BCUT2D eigenvalue weighted by Crippen LogP contribution is -2.25. The van der Waals surface area contributed by atoms with Gasteiger partial charge in [-0.2, -0.15) is 0 Å². The summed E-state index contributed by atoms with van der Waals surface area (Å²) in [6.07, 6.45) is 1.27. The number of carboxylic acid groups (broad SMARTS) is 1. The molecule has 1 aromatic rings. The molecule has 1 N–H and O–H groups in total. The normalized spacial score (nSPS) is 18.8. The van der Waals surface area contributed by atoms with Crippen molar-refractivity contribution in [2.75, 3.05) is 18.0 Å². The van der Waals surface area contributed by atoms with Crippen LogP contribution in [0.3, 0.4) is 0 Å². The van der Waals surface area contributed by atoms with Crippen LogP contribution < -0.4 is 4.90 Å². The number of carboxylic acids is 1. The first-order valence-electron chi connectivity index (χ1n) is 5.12. The fourth-order valence-corrected chi connectivity index (χ4v) is 1.73. The van der Waals surface area contributed by atoms with E-state index < -0.39 is 5.97 Å². The van der Waals surface area contributed by atoms with Crippen molar-refractivity contribution in [1.29, 1.82) is 0 Å². The van der Waals surface area contributed by atoms with Crippen LogP contribution in [-0.2, 0) is 4.79 Å². The van der Waals surface area contributed by atoms with E-state index in [9.17, 15) is 9.59 Å². The Labute approximate surface area is 101 Å². The van der Waals surface area contributed by atoms with Gasteiger partial charge in [-0.15, -0.1) is 0 Å². The topological polar surface area (TPSA) is 132 Å². The number of aromatic carboxylic acids is 1. The third-order valence-corrected chi connectivity index (χ3v) is 2.54. The zero-order valence-corrected chi connectivity index (χ0v) is 9.18. The maximum absolute atomic E-state index is 11.7. The number of hydrogen-bond acceptors (Lipinski definition) is 5. The van der Waals surface area contributed by atoms with Crippen molar-refractivity contribution < 1.29 is 19.1 Å². The minimum Gasteiger partial charge on any atom is -0.475 e. The zero-order valence-electron chi connectivity index (χ0n) is 9.18. The molecule has 0 bridgehead atoms. The molecule has 1 aromatic heterocycles. The Morgan fingerprint density at radius 3 is 3.17 bits per heavy atom. The van der Waals surface area contributed by atoms with E-state index in [1.54, 1.807) is 0 Å². The molecule has 0 saturated carbocycles. The minimum absolute atomic E-state index is 0.0409. The number of rotatable bonds is 4. The van der Waals surface area contributed by atoms with Crippen LogP contribution >= 0.6 is 0 Å². The molecule has 1 unspecified atom stereocenters. The maximum Gasteiger partial charge on any atom is 0.373 e. The van der Waals surface area contributed by atoms with Crippen LogP contribution in [0.1, 0.15) is 17.0 Å². The number of nitrogens with zero attached hydrogens (tertiary/aromatic N) is 5. The van der Waals surface area contributed by atoms with Crippen molar-refractivity contribution in [3.63, 3.8) is 0 Å². The van der Waals surface area contributed by atoms with Gasteiger partial charge < -0.3 is 9.52 Å². The van der Waals surface area contributed by atoms with Crippen molar-refractivity contribution >= 4 is 17.9 Å². The van der Waals surface area contributed by atoms with Crippen LogP contribution in [0.25, 0.3) is 10.4 Å². The standard InChI is InChI=1S/C9H9N5O4/c10-13-12-2-5-1-7(15)14(4-5)9-11-3-6(18-9)8(16)17/h3,5H,1-2,4H2,(H,16,17). The van der Waals surface area contributed by atoms with Gasteiger partial charge in [-0.05, 0) is 11.4 Å². The summed E-state index contributed by atoms with van der Waals surface area (Å²) in [6.45, 7) is 0.517. The SMILES string of the molecule is [N-]=[N+]=NCC1CC(=O)N(c2ncc(C(=O)O)o2)C1. The molecule has 0 aromatic carbocycles. The van der Waals surface area contributed by atoms with Gasteiger partial charge in [0.1, 0.15) is 0 Å². The van der Waals surface area contributed by atoms with Crippen molar-refractivity contribution in [2.24, 2.45) is 11.0 Å². The number of anilines is 1. The number of carbonyl (C=O) groups excluding carboxylic acids is 1. The summed E-state index contributed by atoms with van der Waals surface area (Å²) in [4.78, 5) is 29.9. The molecule has 2 rings (SSSR count). The largest absolute Gasteiger partial charge is 0.475 e. The third kappa shape index (κ3) is 2.25. The van der Waals surface area contributed by atoms with Gasteiger partial charge in [0.15, 0.2) is 0 Å². The molecule has 1 fully saturated rings. The van der Waals surface area contributed by atoms with Gasteiger partial charge in [0.05, 0.1) is 6.20 Å². The highest BCUT2D eigenvalue weighted by Gasteiger charge is 2.33. The average molecular weight is 251 g/mol. The molecule has 2 heterocycles. The summed E-state index contributed by atoms with van der Waals surface area (Å²) in [6, 6.07) is -0.0409. The van der Waals surface area contributed by atoms with E-state index in [1.807, 2.05) is 0 Å². The Hall–Kier alpha value is -2.54. The van der Waals surface area contributed by atoms with Crippen LogP contribution in [0.15, 0.2) is 15.7 Å². The summed E-state index contributed by atoms with van der Waals surface area (Å²) >= 11 is 0. The summed E-state index contributed by atoms with van der Waals surface area (Å²) in [7, 11) is 0. The number of amides is 1. The molecule has 0 aliphatic carbocycles. The fraction of sp³-hybridized carbons (Fsp3) is 0.444. The van der Waals surface area contributed by atoms with Gasteiger partial charge in [-0.3, -0.25) is 9.69 Å². The number of hydrogen-bond donors (Lipinski definition) is 1. The van der Waals surface area contributed by atoms with Crippen LogP contribution in [0.2, 0.25) is 0 Å². The lowest BCUT2D eigenvalue weighted by molar-refractivity contribution is -0.117. The Balaban J connectivity index is 2.11. The lowest BCUT2D eigenvalue weighted by Gasteiger charge is -2.10. The summed E-state index contributed by atoms with van der Waals surface area (Å²) in [5.74, 6) is -1.90. The average Bonchev–Trinajstić information content (AvgIpc) is 2.92. The molecular weight excluding hydrogens is 242 g/mol. The van der Waals surface area contributed by atoms with Gasteiger partial charge >= 0.3 is 12.0 Å². The second kappa shape index (κ2) is 4.76. The number of azide groups is 1. The molecule has 1 amide bonds. The van der Waals surface area contributed by atoms with E-state index in [4.69, 9.17) is 15.1 Å². The number of aromatic nitrogens is 1. The highest BCUT2D eigenvalue weighted by molar-refractivity contribution is 5.94. The summed E-state index contributed by atoms with van der Waals surface area (Å²) < 4.78 is 4.94. The Morgan fingerprint density at radius 1 is 1.78 bits per heavy atom. The molecule has 18 heavy (non-hydrogen) atoms. The number of oxazole rings is 1. The molecule has 1 atom stereocenters. The van der Waals surface area contributed by atoms with Crippen molar-refractivity contribution in [1.82, 2.24) is 4.98 Å². The highest BCUT2D eigenvalue weighted by atomic mass is 16.4.